The number of carbonyl (C=O) groups excluding carboxylic acids is 2. The van der Waals surface area contributed by atoms with Crippen molar-refractivity contribution in [2.75, 3.05) is 24.1 Å². The highest BCUT2D eigenvalue weighted by molar-refractivity contribution is 5.99. The lowest BCUT2D eigenvalue weighted by Gasteiger charge is -2.24. The summed E-state index contributed by atoms with van der Waals surface area (Å²) < 4.78 is 13.9. The molecular weight excluding hydrogens is 275 g/mol. The van der Waals surface area contributed by atoms with Crippen molar-refractivity contribution in [3.05, 3.63) is 23.5 Å². The number of nitrogens with one attached hydrogen (secondary N) is 1. The summed E-state index contributed by atoms with van der Waals surface area (Å²) in [6.45, 7) is 6.49. The molecule has 116 valence electrons. The molecule has 1 atom stereocenters. The Morgan fingerprint density at radius 1 is 1.33 bits per heavy atom. The topological polar surface area (TPSA) is 101 Å². The predicted octanol–water partition coefficient (Wildman–Crippen LogP) is 1.18. The van der Waals surface area contributed by atoms with E-state index in [1.54, 1.807) is 11.8 Å². The highest BCUT2D eigenvalue weighted by Gasteiger charge is 2.20. The quantitative estimate of drug-likeness (QED) is 0.686. The molecule has 1 unspecified atom stereocenters. The summed E-state index contributed by atoms with van der Waals surface area (Å²) in [5.74, 6) is -1.55. The van der Waals surface area contributed by atoms with Crippen LogP contribution in [0.1, 0.15) is 31.1 Å². The van der Waals surface area contributed by atoms with Gasteiger partial charge in [-0.05, 0) is 32.9 Å². The first kappa shape index (κ1) is 16.7. The number of nitrogens with zero attached hydrogens (tertiary/aromatic N) is 1. The maximum absolute atomic E-state index is 13.9. The average Bonchev–Trinajstić information content (AvgIpc) is 2.42. The van der Waals surface area contributed by atoms with E-state index in [0.29, 0.717) is 13.1 Å². The van der Waals surface area contributed by atoms with Gasteiger partial charge in [-0.1, -0.05) is 0 Å². The number of anilines is 2. The maximum Gasteiger partial charge on any atom is 0.250 e. The molecule has 0 fully saturated rings. The number of halogens is 1. The van der Waals surface area contributed by atoms with Gasteiger partial charge in [-0.3, -0.25) is 9.59 Å². The minimum absolute atomic E-state index is 0.0152. The number of likely N-dealkylation sites (N-methyl/N-ethyl adjacent to an activating group) is 1. The molecule has 7 heteroatoms. The fourth-order valence-electron chi connectivity index (χ4n) is 2.02. The molecule has 0 aliphatic rings. The number of rotatable bonds is 6. The molecule has 21 heavy (non-hydrogen) atoms. The normalized spacial score (nSPS) is 11.8. The molecule has 0 spiro atoms. The number of amides is 2. The van der Waals surface area contributed by atoms with Crippen LogP contribution in [0, 0.1) is 5.82 Å². The van der Waals surface area contributed by atoms with Crippen LogP contribution in [0.3, 0.4) is 0 Å². The Kier molecular flexibility index (Phi) is 5.52. The van der Waals surface area contributed by atoms with Gasteiger partial charge in [0.1, 0.15) is 11.9 Å². The molecule has 1 aromatic carbocycles. The fraction of sp³-hybridized carbons (Fsp3) is 0.429. The molecule has 2 amide bonds. The summed E-state index contributed by atoms with van der Waals surface area (Å²) in [7, 11) is 0. The van der Waals surface area contributed by atoms with Gasteiger partial charge in [0, 0.05) is 18.8 Å². The van der Waals surface area contributed by atoms with E-state index in [-0.39, 0.29) is 22.8 Å². The molecule has 0 heterocycles. The molecular formula is C14H21FN4O2. The summed E-state index contributed by atoms with van der Waals surface area (Å²) >= 11 is 0. The smallest absolute Gasteiger partial charge is 0.250 e. The SMILES string of the molecule is CCN(CC)C(=O)C(C)Nc1cc(C(N)=O)c(N)cc1F. The fourth-order valence-corrected chi connectivity index (χ4v) is 2.02. The Balaban J connectivity index is 2.99. The van der Waals surface area contributed by atoms with Crippen molar-refractivity contribution in [3.63, 3.8) is 0 Å². The Morgan fingerprint density at radius 3 is 2.38 bits per heavy atom. The molecule has 6 nitrogen and oxygen atoms in total. The van der Waals surface area contributed by atoms with Gasteiger partial charge in [0.25, 0.3) is 5.91 Å². The van der Waals surface area contributed by atoms with Crippen LogP contribution < -0.4 is 16.8 Å². The first-order valence-corrected chi connectivity index (χ1v) is 6.75. The third-order valence-corrected chi connectivity index (χ3v) is 3.22. The van der Waals surface area contributed by atoms with Crippen molar-refractivity contribution in [1.29, 1.82) is 0 Å². The largest absolute Gasteiger partial charge is 0.398 e. The summed E-state index contributed by atoms with van der Waals surface area (Å²) in [6.07, 6.45) is 0. The van der Waals surface area contributed by atoms with Crippen molar-refractivity contribution < 1.29 is 14.0 Å². The Hall–Kier alpha value is -2.31. The second-order valence-corrected chi connectivity index (χ2v) is 4.66. The van der Waals surface area contributed by atoms with Crippen LogP contribution in [-0.4, -0.2) is 35.8 Å². The first-order valence-electron chi connectivity index (χ1n) is 6.75. The minimum atomic E-state index is -0.752. The number of primary amides is 1. The zero-order valence-corrected chi connectivity index (χ0v) is 12.4. The van der Waals surface area contributed by atoms with Gasteiger partial charge in [-0.2, -0.15) is 0 Å². The number of nitrogen functional groups attached to an aromatic ring is 1. The van der Waals surface area contributed by atoms with Gasteiger partial charge in [-0.25, -0.2) is 4.39 Å². The first-order chi connectivity index (χ1) is 9.81. The maximum atomic E-state index is 13.9. The van der Waals surface area contributed by atoms with Crippen LogP contribution in [0.15, 0.2) is 12.1 Å². The monoisotopic (exact) mass is 296 g/mol. The van der Waals surface area contributed by atoms with Crippen LogP contribution in [0.4, 0.5) is 15.8 Å². The summed E-state index contributed by atoms with van der Waals surface area (Å²) in [5.41, 5.74) is 10.7. The molecule has 0 saturated carbocycles. The molecule has 0 aliphatic carbocycles. The van der Waals surface area contributed by atoms with Gasteiger partial charge in [-0.15, -0.1) is 0 Å². The van der Waals surface area contributed by atoms with E-state index in [2.05, 4.69) is 5.32 Å². The van der Waals surface area contributed by atoms with Crippen LogP contribution in [0.2, 0.25) is 0 Å². The van der Waals surface area contributed by atoms with Crippen LogP contribution in [-0.2, 0) is 4.79 Å². The predicted molar refractivity (Wildman–Crippen MR) is 80.3 cm³/mol. The van der Waals surface area contributed by atoms with E-state index in [0.717, 1.165) is 6.07 Å². The van der Waals surface area contributed by atoms with Crippen molar-refractivity contribution in [2.45, 2.75) is 26.8 Å². The standard InChI is InChI=1S/C14H21FN4O2/c1-4-19(5-2)14(21)8(3)18-12-6-9(13(17)20)11(16)7-10(12)15/h6-8,18H,4-5,16H2,1-3H3,(H2,17,20). The lowest BCUT2D eigenvalue weighted by atomic mass is 10.1. The lowest BCUT2D eigenvalue weighted by Crippen LogP contribution is -2.41. The van der Waals surface area contributed by atoms with Crippen LogP contribution in [0.5, 0.6) is 0 Å². The molecule has 0 saturated heterocycles. The van der Waals surface area contributed by atoms with Gasteiger partial charge in [0.05, 0.1) is 11.3 Å². The van der Waals surface area contributed by atoms with Crippen molar-refractivity contribution in [3.8, 4) is 0 Å². The highest BCUT2D eigenvalue weighted by Crippen LogP contribution is 2.22. The second-order valence-electron chi connectivity index (χ2n) is 4.66. The number of nitrogens with two attached hydrogens (primary N) is 2. The highest BCUT2D eigenvalue weighted by atomic mass is 19.1. The third-order valence-electron chi connectivity index (χ3n) is 3.22. The van der Waals surface area contributed by atoms with Gasteiger partial charge < -0.3 is 21.7 Å². The second kappa shape index (κ2) is 6.92. The van der Waals surface area contributed by atoms with E-state index in [1.807, 2.05) is 13.8 Å². The van der Waals surface area contributed by atoms with Crippen LogP contribution >= 0.6 is 0 Å². The van der Waals surface area contributed by atoms with E-state index < -0.39 is 17.8 Å². The Labute approximate surface area is 123 Å². The molecule has 1 aromatic rings. The number of benzene rings is 1. The average molecular weight is 296 g/mol. The van der Waals surface area contributed by atoms with E-state index in [1.165, 1.54) is 6.07 Å². The molecule has 0 aliphatic heterocycles. The zero-order chi connectivity index (χ0) is 16.2. The Bertz CT molecular complexity index is 544. The third kappa shape index (κ3) is 3.84. The molecule has 0 radical (unpaired) electrons. The van der Waals surface area contributed by atoms with Crippen molar-refractivity contribution in [1.82, 2.24) is 4.90 Å². The lowest BCUT2D eigenvalue weighted by molar-refractivity contribution is -0.131. The number of carbonyl (C=O) groups is 2. The molecule has 0 bridgehead atoms. The summed E-state index contributed by atoms with van der Waals surface area (Å²) in [4.78, 5) is 25.0. The minimum Gasteiger partial charge on any atom is -0.398 e. The van der Waals surface area contributed by atoms with Gasteiger partial charge >= 0.3 is 0 Å². The van der Waals surface area contributed by atoms with Crippen molar-refractivity contribution in [2.24, 2.45) is 5.73 Å². The Morgan fingerprint density at radius 2 is 1.90 bits per heavy atom. The van der Waals surface area contributed by atoms with E-state index in [9.17, 15) is 14.0 Å². The number of hydrogen-bond donors (Lipinski definition) is 3. The number of hydrogen-bond acceptors (Lipinski definition) is 4. The summed E-state index contributed by atoms with van der Waals surface area (Å²) in [6, 6.07) is 1.60. The van der Waals surface area contributed by atoms with Crippen LogP contribution in [0.25, 0.3) is 0 Å². The van der Waals surface area contributed by atoms with E-state index >= 15 is 0 Å². The van der Waals surface area contributed by atoms with Gasteiger partial charge in [0.15, 0.2) is 0 Å². The molecule has 0 aromatic heterocycles. The molecule has 1 rings (SSSR count). The zero-order valence-electron chi connectivity index (χ0n) is 12.4. The van der Waals surface area contributed by atoms with Crippen molar-refractivity contribution >= 4 is 23.2 Å². The molecule has 5 N–H and O–H groups in total. The van der Waals surface area contributed by atoms with E-state index in [4.69, 9.17) is 11.5 Å². The summed E-state index contributed by atoms with van der Waals surface area (Å²) in [5, 5.41) is 2.75. The van der Waals surface area contributed by atoms with Gasteiger partial charge in [0.2, 0.25) is 5.91 Å².